The molecule has 0 radical (unpaired) electrons. The van der Waals surface area contributed by atoms with Gasteiger partial charge in [-0.3, -0.25) is 0 Å². The molecule has 158 valence electrons. The summed E-state index contributed by atoms with van der Waals surface area (Å²) in [4.78, 5) is 8.49. The van der Waals surface area contributed by atoms with Gasteiger partial charge in [0.25, 0.3) is 0 Å². The zero-order chi connectivity index (χ0) is 21.1. The van der Waals surface area contributed by atoms with Crippen LogP contribution >= 0.6 is 11.6 Å². The normalized spacial score (nSPS) is 17.5. The highest BCUT2D eigenvalue weighted by molar-refractivity contribution is 6.30. The van der Waals surface area contributed by atoms with Gasteiger partial charge in [-0.25, -0.2) is 14.4 Å². The largest absolute Gasteiger partial charge is 0.493 e. The number of fused-ring (bicyclic) bond motifs is 1. The van der Waals surface area contributed by atoms with Gasteiger partial charge in [0.05, 0.1) is 18.0 Å². The van der Waals surface area contributed by atoms with Crippen LogP contribution in [0.1, 0.15) is 19.8 Å². The molecule has 1 N–H and O–H groups in total. The summed E-state index contributed by atoms with van der Waals surface area (Å²) < 4.78 is 31.6. The van der Waals surface area contributed by atoms with Crippen molar-refractivity contribution in [1.82, 2.24) is 15.3 Å². The molecule has 1 aliphatic rings. The molecule has 0 amide bonds. The smallest absolute Gasteiger partial charge is 0.230 e. The van der Waals surface area contributed by atoms with E-state index in [-0.39, 0.29) is 22.8 Å². The molecule has 1 aliphatic heterocycles. The Kier molecular flexibility index (Phi) is 6.20. The Morgan fingerprint density at radius 1 is 1.17 bits per heavy atom. The number of nitrogens with one attached hydrogen (secondary N) is 1. The van der Waals surface area contributed by atoms with E-state index in [1.807, 2.05) is 0 Å². The molecule has 1 aromatic heterocycles. The topological polar surface area (TPSA) is 65.5 Å². The maximum atomic E-state index is 14.2. The van der Waals surface area contributed by atoms with Crippen molar-refractivity contribution in [2.75, 3.05) is 20.2 Å². The van der Waals surface area contributed by atoms with Crippen LogP contribution in [0.4, 0.5) is 4.39 Å². The van der Waals surface area contributed by atoms with Crippen LogP contribution in [0.15, 0.2) is 36.7 Å². The van der Waals surface area contributed by atoms with Crippen LogP contribution in [0.2, 0.25) is 5.02 Å². The van der Waals surface area contributed by atoms with E-state index in [1.54, 1.807) is 25.3 Å². The number of benzene rings is 2. The van der Waals surface area contributed by atoms with Gasteiger partial charge in [0.15, 0.2) is 23.1 Å². The molecule has 0 bridgehead atoms. The fourth-order valence-electron chi connectivity index (χ4n) is 3.61. The van der Waals surface area contributed by atoms with Crippen molar-refractivity contribution in [3.63, 3.8) is 0 Å². The van der Waals surface area contributed by atoms with E-state index in [0.717, 1.165) is 25.9 Å². The second kappa shape index (κ2) is 9.02. The van der Waals surface area contributed by atoms with Crippen molar-refractivity contribution >= 4 is 22.5 Å². The van der Waals surface area contributed by atoms with E-state index >= 15 is 0 Å². The first-order valence-electron chi connectivity index (χ1n) is 9.88. The van der Waals surface area contributed by atoms with E-state index in [9.17, 15) is 4.39 Å². The summed E-state index contributed by atoms with van der Waals surface area (Å²) in [5.74, 6) is 1.24. The summed E-state index contributed by atoms with van der Waals surface area (Å²) in [5.41, 5.74) is 0.610. The lowest BCUT2D eigenvalue weighted by atomic mass is 9.94. The summed E-state index contributed by atoms with van der Waals surface area (Å²) in [6, 6.07) is 7.75. The minimum atomic E-state index is -0.573. The SMILES string of the molecule is COc1cc2c(Oc3ccc(Cl)cc3F)ncnc2cc1OC(C)C1CCCNC1. The molecule has 1 fully saturated rings. The van der Waals surface area contributed by atoms with E-state index < -0.39 is 5.82 Å². The summed E-state index contributed by atoms with van der Waals surface area (Å²) in [6.07, 6.45) is 3.65. The molecule has 30 heavy (non-hydrogen) atoms. The van der Waals surface area contributed by atoms with E-state index in [0.29, 0.717) is 28.3 Å². The fourth-order valence-corrected chi connectivity index (χ4v) is 3.77. The third-order valence-corrected chi connectivity index (χ3v) is 5.53. The van der Waals surface area contributed by atoms with Crippen LogP contribution in [0.25, 0.3) is 10.9 Å². The molecule has 4 rings (SSSR count). The third kappa shape index (κ3) is 4.42. The fraction of sp³-hybridized carbons (Fsp3) is 0.364. The average molecular weight is 432 g/mol. The Morgan fingerprint density at radius 2 is 2.03 bits per heavy atom. The molecule has 1 saturated heterocycles. The van der Waals surface area contributed by atoms with Crippen LogP contribution in [-0.4, -0.2) is 36.3 Å². The summed E-state index contributed by atoms with van der Waals surface area (Å²) in [5, 5.41) is 4.29. The molecule has 0 aliphatic carbocycles. The molecule has 3 aromatic rings. The molecule has 8 heteroatoms. The maximum Gasteiger partial charge on any atom is 0.230 e. The summed E-state index contributed by atoms with van der Waals surface area (Å²) in [7, 11) is 1.57. The zero-order valence-corrected chi connectivity index (χ0v) is 17.6. The van der Waals surface area contributed by atoms with Crippen molar-refractivity contribution in [1.29, 1.82) is 0 Å². The molecule has 2 heterocycles. The molecule has 0 saturated carbocycles. The van der Waals surface area contributed by atoms with Crippen LogP contribution in [0, 0.1) is 11.7 Å². The molecule has 6 nitrogen and oxygen atoms in total. The Bertz CT molecular complexity index is 1040. The Hall–Kier alpha value is -2.64. The first kappa shape index (κ1) is 20.6. The quantitative estimate of drug-likeness (QED) is 0.593. The van der Waals surface area contributed by atoms with Crippen molar-refractivity contribution < 1.29 is 18.6 Å². The van der Waals surface area contributed by atoms with Gasteiger partial charge in [-0.05, 0) is 50.6 Å². The second-order valence-corrected chi connectivity index (χ2v) is 7.74. The van der Waals surface area contributed by atoms with Crippen molar-refractivity contribution in [2.45, 2.75) is 25.9 Å². The number of piperidine rings is 1. The number of nitrogens with zero attached hydrogens (tertiary/aromatic N) is 2. The molecule has 2 atom stereocenters. The molecular formula is C22H23ClFN3O3. The van der Waals surface area contributed by atoms with Crippen LogP contribution in [-0.2, 0) is 0 Å². The highest BCUT2D eigenvalue weighted by atomic mass is 35.5. The van der Waals surface area contributed by atoms with Crippen molar-refractivity contribution in [2.24, 2.45) is 5.92 Å². The Balaban J connectivity index is 1.65. The average Bonchev–Trinajstić information content (AvgIpc) is 2.76. The van der Waals surface area contributed by atoms with Crippen LogP contribution in [0.3, 0.4) is 0 Å². The van der Waals surface area contributed by atoms with Crippen molar-refractivity contribution in [3.05, 3.63) is 47.5 Å². The van der Waals surface area contributed by atoms with Crippen LogP contribution < -0.4 is 19.5 Å². The summed E-state index contributed by atoms with van der Waals surface area (Å²) in [6.45, 7) is 4.05. The predicted octanol–water partition coefficient (Wildman–Crippen LogP) is 4.99. The molecule has 2 unspecified atom stereocenters. The van der Waals surface area contributed by atoms with Gasteiger partial charge in [-0.1, -0.05) is 11.6 Å². The summed E-state index contributed by atoms with van der Waals surface area (Å²) >= 11 is 5.81. The second-order valence-electron chi connectivity index (χ2n) is 7.31. The van der Waals surface area contributed by atoms with Gasteiger partial charge >= 0.3 is 0 Å². The standard InChI is InChI=1S/C22H23ClFN3O3/c1-13(14-4-3-7-25-11-14)29-21-10-18-16(9-20(21)28-2)22(27-12-26-18)30-19-6-5-15(23)8-17(19)24/h5-6,8-10,12-14,25H,3-4,7,11H2,1-2H3. The van der Waals surface area contributed by atoms with Gasteiger partial charge in [0.2, 0.25) is 5.88 Å². The Morgan fingerprint density at radius 3 is 2.77 bits per heavy atom. The van der Waals surface area contributed by atoms with Gasteiger partial charge in [-0.2, -0.15) is 0 Å². The van der Waals surface area contributed by atoms with Crippen LogP contribution in [0.5, 0.6) is 23.1 Å². The highest BCUT2D eigenvalue weighted by Crippen LogP contribution is 2.37. The minimum absolute atomic E-state index is 0.0184. The maximum absolute atomic E-state index is 14.2. The van der Waals surface area contributed by atoms with E-state index in [4.69, 9.17) is 25.8 Å². The first-order chi connectivity index (χ1) is 14.5. The minimum Gasteiger partial charge on any atom is -0.493 e. The number of halogens is 2. The van der Waals surface area contributed by atoms with Gasteiger partial charge in [-0.15, -0.1) is 0 Å². The lowest BCUT2D eigenvalue weighted by molar-refractivity contribution is 0.127. The van der Waals surface area contributed by atoms with E-state index in [2.05, 4.69) is 22.2 Å². The number of aromatic nitrogens is 2. The lowest BCUT2D eigenvalue weighted by Crippen LogP contribution is -2.37. The molecular weight excluding hydrogens is 409 g/mol. The number of hydrogen-bond donors (Lipinski definition) is 1. The van der Waals surface area contributed by atoms with Crippen molar-refractivity contribution in [3.8, 4) is 23.1 Å². The van der Waals surface area contributed by atoms with Gasteiger partial charge in [0, 0.05) is 23.6 Å². The number of hydrogen-bond acceptors (Lipinski definition) is 6. The van der Waals surface area contributed by atoms with Gasteiger partial charge in [0.1, 0.15) is 12.4 Å². The monoisotopic (exact) mass is 431 g/mol. The molecule has 2 aromatic carbocycles. The highest BCUT2D eigenvalue weighted by Gasteiger charge is 2.23. The Labute approximate surface area is 179 Å². The number of ether oxygens (including phenoxy) is 3. The number of methoxy groups -OCH3 is 1. The first-order valence-corrected chi connectivity index (χ1v) is 10.3. The molecule has 0 spiro atoms. The third-order valence-electron chi connectivity index (χ3n) is 5.30. The lowest BCUT2D eigenvalue weighted by Gasteiger charge is -2.29. The van der Waals surface area contributed by atoms with E-state index in [1.165, 1.54) is 18.5 Å². The predicted molar refractivity (Wildman–Crippen MR) is 113 cm³/mol. The zero-order valence-electron chi connectivity index (χ0n) is 16.8. The van der Waals surface area contributed by atoms with Gasteiger partial charge < -0.3 is 19.5 Å². The number of rotatable bonds is 6.